The van der Waals surface area contributed by atoms with Crippen LogP contribution in [-0.4, -0.2) is 25.2 Å². The third-order valence-electron chi connectivity index (χ3n) is 2.54. The maximum absolute atomic E-state index is 11.6. The van der Waals surface area contributed by atoms with Crippen molar-refractivity contribution in [3.63, 3.8) is 0 Å². The van der Waals surface area contributed by atoms with Crippen molar-refractivity contribution in [3.8, 4) is 0 Å². The van der Waals surface area contributed by atoms with Gasteiger partial charge in [0.1, 0.15) is 6.61 Å². The molecule has 0 saturated heterocycles. The van der Waals surface area contributed by atoms with Crippen molar-refractivity contribution < 1.29 is 9.53 Å². The molecule has 106 valence electrons. The van der Waals surface area contributed by atoms with Gasteiger partial charge in [-0.25, -0.2) is 0 Å². The standard InChI is InChI=1S/C15H24N2O2/c1-4-9-16-10-13-5-7-14(8-6-13)17-15(18)11-19-12(2)3/h5-8,12,16H,4,9-11H2,1-3H3,(H,17,18). The minimum Gasteiger partial charge on any atom is -0.369 e. The van der Waals surface area contributed by atoms with Crippen LogP contribution in [0.3, 0.4) is 0 Å². The van der Waals surface area contributed by atoms with Crippen LogP contribution in [0.15, 0.2) is 24.3 Å². The molecule has 0 aliphatic rings. The molecule has 4 nitrogen and oxygen atoms in total. The molecule has 1 rings (SSSR count). The van der Waals surface area contributed by atoms with Crippen LogP contribution >= 0.6 is 0 Å². The molecule has 0 atom stereocenters. The molecule has 0 saturated carbocycles. The van der Waals surface area contributed by atoms with Crippen LogP contribution in [0.5, 0.6) is 0 Å². The maximum Gasteiger partial charge on any atom is 0.250 e. The minimum atomic E-state index is -0.120. The SMILES string of the molecule is CCCNCc1ccc(NC(=O)COC(C)C)cc1. The Morgan fingerprint density at radius 3 is 2.53 bits per heavy atom. The number of ether oxygens (including phenoxy) is 1. The smallest absolute Gasteiger partial charge is 0.250 e. The van der Waals surface area contributed by atoms with Gasteiger partial charge < -0.3 is 15.4 Å². The summed E-state index contributed by atoms with van der Waals surface area (Å²) in [5.74, 6) is -0.120. The summed E-state index contributed by atoms with van der Waals surface area (Å²) >= 11 is 0. The molecule has 1 aromatic rings. The van der Waals surface area contributed by atoms with E-state index in [-0.39, 0.29) is 18.6 Å². The highest BCUT2D eigenvalue weighted by Crippen LogP contribution is 2.09. The van der Waals surface area contributed by atoms with Gasteiger partial charge in [0.05, 0.1) is 6.10 Å². The first-order valence-electron chi connectivity index (χ1n) is 6.83. The molecule has 0 aromatic heterocycles. The molecule has 1 aromatic carbocycles. The molecular weight excluding hydrogens is 240 g/mol. The van der Waals surface area contributed by atoms with E-state index in [1.165, 1.54) is 5.56 Å². The number of benzene rings is 1. The highest BCUT2D eigenvalue weighted by molar-refractivity contribution is 5.91. The predicted molar refractivity (Wildman–Crippen MR) is 78.2 cm³/mol. The summed E-state index contributed by atoms with van der Waals surface area (Å²) in [6, 6.07) is 7.86. The summed E-state index contributed by atoms with van der Waals surface area (Å²) in [6.45, 7) is 7.93. The van der Waals surface area contributed by atoms with E-state index < -0.39 is 0 Å². The molecule has 19 heavy (non-hydrogen) atoms. The van der Waals surface area contributed by atoms with Crippen molar-refractivity contribution in [1.29, 1.82) is 0 Å². The fraction of sp³-hybridized carbons (Fsp3) is 0.533. The fourth-order valence-electron chi connectivity index (χ4n) is 1.55. The quantitative estimate of drug-likeness (QED) is 0.709. The monoisotopic (exact) mass is 264 g/mol. The number of hydrogen-bond donors (Lipinski definition) is 2. The molecule has 0 fully saturated rings. The lowest BCUT2D eigenvalue weighted by molar-refractivity contribution is -0.121. The summed E-state index contributed by atoms with van der Waals surface area (Å²) < 4.78 is 5.24. The zero-order chi connectivity index (χ0) is 14.1. The van der Waals surface area contributed by atoms with Crippen molar-refractivity contribution in [1.82, 2.24) is 5.32 Å². The summed E-state index contributed by atoms with van der Waals surface area (Å²) in [4.78, 5) is 11.6. The number of carbonyl (C=O) groups is 1. The first-order chi connectivity index (χ1) is 9.11. The van der Waals surface area contributed by atoms with Crippen LogP contribution in [0.1, 0.15) is 32.8 Å². The Morgan fingerprint density at radius 2 is 1.95 bits per heavy atom. The number of amides is 1. The first kappa shape index (κ1) is 15.7. The summed E-state index contributed by atoms with van der Waals surface area (Å²) in [7, 11) is 0. The van der Waals surface area contributed by atoms with Gasteiger partial charge in [-0.05, 0) is 44.5 Å². The van der Waals surface area contributed by atoms with E-state index in [4.69, 9.17) is 4.74 Å². The molecule has 4 heteroatoms. The summed E-state index contributed by atoms with van der Waals surface area (Å²) in [5, 5.41) is 6.14. The van der Waals surface area contributed by atoms with Crippen molar-refractivity contribution >= 4 is 11.6 Å². The Morgan fingerprint density at radius 1 is 1.26 bits per heavy atom. The lowest BCUT2D eigenvalue weighted by Crippen LogP contribution is -2.20. The van der Waals surface area contributed by atoms with Gasteiger partial charge in [-0.2, -0.15) is 0 Å². The van der Waals surface area contributed by atoms with Crippen LogP contribution in [0, 0.1) is 0 Å². The second-order valence-electron chi connectivity index (χ2n) is 4.78. The second-order valence-corrected chi connectivity index (χ2v) is 4.78. The molecule has 0 spiro atoms. The predicted octanol–water partition coefficient (Wildman–Crippen LogP) is 2.55. The molecule has 0 bridgehead atoms. The average Bonchev–Trinajstić information content (AvgIpc) is 2.39. The topological polar surface area (TPSA) is 50.4 Å². The van der Waals surface area contributed by atoms with Crippen LogP contribution in [-0.2, 0) is 16.1 Å². The van der Waals surface area contributed by atoms with Gasteiger partial charge in [-0.15, -0.1) is 0 Å². The molecule has 0 unspecified atom stereocenters. The van der Waals surface area contributed by atoms with Gasteiger partial charge >= 0.3 is 0 Å². The molecule has 1 amide bonds. The molecule has 0 radical (unpaired) electrons. The van der Waals surface area contributed by atoms with Crippen molar-refractivity contribution in [2.75, 3.05) is 18.5 Å². The van der Waals surface area contributed by atoms with Crippen LogP contribution < -0.4 is 10.6 Å². The number of rotatable bonds is 8. The van der Waals surface area contributed by atoms with Crippen LogP contribution in [0.4, 0.5) is 5.69 Å². The molecular formula is C15H24N2O2. The normalized spacial score (nSPS) is 10.7. The van der Waals surface area contributed by atoms with Gasteiger partial charge in [-0.1, -0.05) is 19.1 Å². The summed E-state index contributed by atoms with van der Waals surface area (Å²) in [5.41, 5.74) is 2.02. The third kappa shape index (κ3) is 6.94. The first-order valence-corrected chi connectivity index (χ1v) is 6.83. The van der Waals surface area contributed by atoms with E-state index in [1.54, 1.807) is 0 Å². The number of hydrogen-bond acceptors (Lipinski definition) is 3. The Balaban J connectivity index is 2.37. The molecule has 0 aliphatic heterocycles. The van der Waals surface area contributed by atoms with Gasteiger partial charge in [0.25, 0.3) is 0 Å². The zero-order valence-corrected chi connectivity index (χ0v) is 12.0. The minimum absolute atomic E-state index is 0.0674. The highest BCUT2D eigenvalue weighted by Gasteiger charge is 2.03. The molecule has 2 N–H and O–H groups in total. The Hall–Kier alpha value is -1.39. The number of carbonyl (C=O) groups excluding carboxylic acids is 1. The van der Waals surface area contributed by atoms with Crippen LogP contribution in [0.25, 0.3) is 0 Å². The number of anilines is 1. The van der Waals surface area contributed by atoms with Gasteiger partial charge in [0.15, 0.2) is 0 Å². The van der Waals surface area contributed by atoms with Gasteiger partial charge in [-0.3, -0.25) is 4.79 Å². The third-order valence-corrected chi connectivity index (χ3v) is 2.54. The van der Waals surface area contributed by atoms with Gasteiger partial charge in [0, 0.05) is 12.2 Å². The average molecular weight is 264 g/mol. The lowest BCUT2D eigenvalue weighted by atomic mass is 10.2. The lowest BCUT2D eigenvalue weighted by Gasteiger charge is -2.09. The van der Waals surface area contributed by atoms with Gasteiger partial charge in [0.2, 0.25) is 5.91 Å². The summed E-state index contributed by atoms with van der Waals surface area (Å²) in [6.07, 6.45) is 1.20. The van der Waals surface area contributed by atoms with Crippen molar-refractivity contribution in [2.24, 2.45) is 0 Å². The van der Waals surface area contributed by atoms with Crippen molar-refractivity contribution in [2.45, 2.75) is 39.8 Å². The van der Waals surface area contributed by atoms with E-state index in [0.29, 0.717) is 0 Å². The molecule has 0 heterocycles. The Kier molecular flexibility index (Phi) is 7.15. The van der Waals surface area contributed by atoms with Crippen molar-refractivity contribution in [3.05, 3.63) is 29.8 Å². The Bertz CT molecular complexity index is 374. The zero-order valence-electron chi connectivity index (χ0n) is 12.0. The largest absolute Gasteiger partial charge is 0.369 e. The maximum atomic E-state index is 11.6. The van der Waals surface area contributed by atoms with E-state index in [0.717, 1.165) is 25.2 Å². The van der Waals surface area contributed by atoms with E-state index in [9.17, 15) is 4.79 Å². The van der Waals surface area contributed by atoms with E-state index in [1.807, 2.05) is 38.1 Å². The van der Waals surface area contributed by atoms with E-state index >= 15 is 0 Å². The fourth-order valence-corrected chi connectivity index (χ4v) is 1.55. The second kappa shape index (κ2) is 8.67. The van der Waals surface area contributed by atoms with Crippen LogP contribution in [0.2, 0.25) is 0 Å². The number of nitrogens with one attached hydrogen (secondary N) is 2. The van der Waals surface area contributed by atoms with E-state index in [2.05, 4.69) is 17.6 Å². The highest BCUT2D eigenvalue weighted by atomic mass is 16.5. The molecule has 0 aliphatic carbocycles. The Labute approximate surface area is 115 Å².